The molecular weight excluding hydrogens is 448 g/mol. The molecule has 0 aliphatic carbocycles. The summed E-state index contributed by atoms with van der Waals surface area (Å²) >= 11 is 5.12. The summed E-state index contributed by atoms with van der Waals surface area (Å²) in [7, 11) is 0. The van der Waals surface area contributed by atoms with Crippen molar-refractivity contribution in [1.29, 1.82) is 0 Å². The van der Waals surface area contributed by atoms with Crippen LogP contribution in [0.5, 0.6) is 11.5 Å². The van der Waals surface area contributed by atoms with Crippen molar-refractivity contribution < 1.29 is 9.47 Å². The van der Waals surface area contributed by atoms with Crippen LogP contribution in [-0.2, 0) is 18.7 Å². The van der Waals surface area contributed by atoms with Crippen molar-refractivity contribution in [2.24, 2.45) is 0 Å². The summed E-state index contributed by atoms with van der Waals surface area (Å²) in [4.78, 5) is 6.21. The zero-order valence-corrected chi connectivity index (χ0v) is 19.8. The van der Waals surface area contributed by atoms with E-state index in [1.54, 1.807) is 34.4 Å². The molecule has 0 N–H and O–H groups in total. The molecule has 4 aromatic rings. The van der Waals surface area contributed by atoms with Gasteiger partial charge in [0, 0.05) is 39.1 Å². The largest absolute Gasteiger partial charge is 0.454 e. The summed E-state index contributed by atoms with van der Waals surface area (Å²) in [6.07, 6.45) is 2.27. The molecule has 160 valence electrons. The number of aryl methyl sites for hydroxylation is 1. The van der Waals surface area contributed by atoms with Gasteiger partial charge in [-0.25, -0.2) is 4.98 Å². The lowest BCUT2D eigenvalue weighted by molar-refractivity contribution is 0.174. The molecule has 0 bridgehead atoms. The first kappa shape index (κ1) is 20.5. The summed E-state index contributed by atoms with van der Waals surface area (Å²) in [5.41, 5.74) is 3.24. The zero-order valence-electron chi connectivity index (χ0n) is 17.3. The van der Waals surface area contributed by atoms with Gasteiger partial charge >= 0.3 is 0 Å². The molecule has 0 saturated heterocycles. The minimum Gasteiger partial charge on any atom is -0.454 e. The molecule has 0 fully saturated rings. The Kier molecular flexibility index (Phi) is 5.97. The molecule has 9 heteroatoms. The number of hydrogen-bond donors (Lipinski definition) is 0. The average molecular weight is 471 g/mol. The van der Waals surface area contributed by atoms with E-state index in [4.69, 9.17) is 14.5 Å². The quantitative estimate of drug-likeness (QED) is 0.289. The van der Waals surface area contributed by atoms with Gasteiger partial charge in [-0.05, 0) is 37.6 Å². The van der Waals surface area contributed by atoms with E-state index in [9.17, 15) is 0 Å². The second-order valence-electron chi connectivity index (χ2n) is 7.10. The highest BCUT2D eigenvalue weighted by Crippen LogP contribution is 2.37. The summed E-state index contributed by atoms with van der Waals surface area (Å²) in [5.74, 6) is 3.27. The Morgan fingerprint density at radius 3 is 2.81 bits per heavy atom. The lowest BCUT2D eigenvalue weighted by atomic mass is 10.2. The molecule has 0 radical (unpaired) electrons. The lowest BCUT2D eigenvalue weighted by Crippen LogP contribution is -1.99. The van der Waals surface area contributed by atoms with Crippen molar-refractivity contribution in [2.45, 2.75) is 44.1 Å². The van der Waals surface area contributed by atoms with Gasteiger partial charge in [-0.2, -0.15) is 0 Å². The number of thiophene rings is 1. The Morgan fingerprint density at radius 1 is 1.03 bits per heavy atom. The van der Waals surface area contributed by atoms with Crippen molar-refractivity contribution >= 4 is 34.4 Å². The van der Waals surface area contributed by atoms with Gasteiger partial charge in [-0.3, -0.25) is 0 Å². The molecule has 0 amide bonds. The number of hydrogen-bond acceptors (Lipinski definition) is 8. The number of thiazole rings is 1. The normalized spacial score (nSPS) is 12.6. The van der Waals surface area contributed by atoms with Crippen LogP contribution < -0.4 is 9.47 Å². The Hall–Kier alpha value is -2.36. The topological polar surface area (TPSA) is 62.1 Å². The SMILES string of the molecule is CCCc1cc(-c2nnc(SCc3csc(-c4ccc5c(c4)OCO5)n3)n2CC)cs1. The third kappa shape index (κ3) is 4.22. The summed E-state index contributed by atoms with van der Waals surface area (Å²) in [5, 5.41) is 15.2. The first-order valence-electron chi connectivity index (χ1n) is 10.2. The fraction of sp³-hybridized carbons (Fsp3) is 0.318. The molecule has 0 atom stereocenters. The van der Waals surface area contributed by atoms with Crippen LogP contribution in [0.4, 0.5) is 0 Å². The van der Waals surface area contributed by atoms with Crippen molar-refractivity contribution in [3.63, 3.8) is 0 Å². The average Bonchev–Trinajstić information content (AvgIpc) is 3.57. The number of benzene rings is 1. The van der Waals surface area contributed by atoms with Gasteiger partial charge in [0.25, 0.3) is 0 Å². The molecule has 0 unspecified atom stereocenters. The van der Waals surface area contributed by atoms with Crippen molar-refractivity contribution in [3.8, 4) is 33.5 Å². The second-order valence-corrected chi connectivity index (χ2v) is 9.90. The van der Waals surface area contributed by atoms with Crippen molar-refractivity contribution in [2.75, 3.05) is 6.79 Å². The maximum Gasteiger partial charge on any atom is 0.231 e. The Morgan fingerprint density at radius 2 is 1.94 bits per heavy atom. The first-order chi connectivity index (χ1) is 15.2. The molecule has 31 heavy (non-hydrogen) atoms. The van der Waals surface area contributed by atoms with E-state index < -0.39 is 0 Å². The Bertz CT molecular complexity index is 1200. The van der Waals surface area contributed by atoms with Crippen LogP contribution in [-0.4, -0.2) is 26.5 Å². The number of aromatic nitrogens is 4. The summed E-state index contributed by atoms with van der Waals surface area (Å²) in [6, 6.07) is 8.20. The molecule has 3 aromatic heterocycles. The number of thioether (sulfide) groups is 1. The first-order valence-corrected chi connectivity index (χ1v) is 13.0. The Balaban J connectivity index is 1.30. The van der Waals surface area contributed by atoms with Crippen molar-refractivity contribution in [1.82, 2.24) is 19.7 Å². The number of fused-ring (bicyclic) bond motifs is 1. The standard InChI is InChI=1S/C22H22N4O2S3/c1-3-5-17-8-15(10-29-17)20-24-25-22(26(20)4-2)31-12-16-11-30-21(23-16)14-6-7-18-19(9-14)28-13-27-18/h6-11H,3-5,12-13H2,1-2H3. The highest BCUT2D eigenvalue weighted by Gasteiger charge is 2.17. The molecule has 5 rings (SSSR count). The van der Waals surface area contributed by atoms with Crippen LogP contribution in [0, 0.1) is 0 Å². The maximum atomic E-state index is 5.49. The molecule has 0 spiro atoms. The molecule has 1 aromatic carbocycles. The third-order valence-electron chi connectivity index (χ3n) is 4.96. The monoisotopic (exact) mass is 470 g/mol. The molecular formula is C22H22N4O2S3. The van der Waals surface area contributed by atoms with Gasteiger partial charge in [-0.1, -0.05) is 25.1 Å². The molecule has 1 aliphatic rings. The minimum absolute atomic E-state index is 0.282. The molecule has 6 nitrogen and oxygen atoms in total. The maximum absolute atomic E-state index is 5.49. The van der Waals surface area contributed by atoms with Gasteiger partial charge in [0.05, 0.1) is 5.69 Å². The van der Waals surface area contributed by atoms with Gasteiger partial charge in [0.1, 0.15) is 5.01 Å². The van der Waals surface area contributed by atoms with Crippen molar-refractivity contribution in [3.05, 3.63) is 45.6 Å². The van der Waals surface area contributed by atoms with E-state index in [0.717, 1.165) is 69.4 Å². The highest BCUT2D eigenvalue weighted by atomic mass is 32.2. The van der Waals surface area contributed by atoms with Crippen LogP contribution in [0.15, 0.2) is 40.2 Å². The minimum atomic E-state index is 0.282. The van der Waals surface area contributed by atoms with Crippen LogP contribution >= 0.6 is 34.4 Å². The predicted molar refractivity (Wildman–Crippen MR) is 126 cm³/mol. The van der Waals surface area contributed by atoms with Crippen LogP contribution in [0.2, 0.25) is 0 Å². The van der Waals surface area contributed by atoms with Gasteiger partial charge < -0.3 is 14.0 Å². The van der Waals surface area contributed by atoms with Crippen LogP contribution in [0.25, 0.3) is 22.0 Å². The third-order valence-corrected chi connectivity index (χ3v) is 7.90. The fourth-order valence-electron chi connectivity index (χ4n) is 3.44. The van der Waals surface area contributed by atoms with Crippen LogP contribution in [0.1, 0.15) is 30.8 Å². The highest BCUT2D eigenvalue weighted by molar-refractivity contribution is 7.98. The van der Waals surface area contributed by atoms with E-state index in [-0.39, 0.29) is 6.79 Å². The Labute approximate surface area is 193 Å². The number of nitrogens with zero attached hydrogens (tertiary/aromatic N) is 4. The molecule has 1 aliphatic heterocycles. The van der Waals surface area contributed by atoms with Gasteiger partial charge in [0.2, 0.25) is 6.79 Å². The second kappa shape index (κ2) is 9.02. The number of rotatable bonds is 8. The fourth-order valence-corrected chi connectivity index (χ4v) is 6.23. The molecule has 4 heterocycles. The lowest BCUT2D eigenvalue weighted by Gasteiger charge is -2.05. The number of ether oxygens (including phenoxy) is 2. The van der Waals surface area contributed by atoms with Gasteiger partial charge in [-0.15, -0.1) is 32.9 Å². The zero-order chi connectivity index (χ0) is 21.2. The van der Waals surface area contributed by atoms with E-state index in [0.29, 0.717) is 0 Å². The summed E-state index contributed by atoms with van der Waals surface area (Å²) < 4.78 is 13.1. The predicted octanol–water partition coefficient (Wildman–Crippen LogP) is 6.12. The van der Waals surface area contributed by atoms with Crippen LogP contribution in [0.3, 0.4) is 0 Å². The van der Waals surface area contributed by atoms with E-state index >= 15 is 0 Å². The van der Waals surface area contributed by atoms with E-state index in [2.05, 4.69) is 45.4 Å². The summed E-state index contributed by atoms with van der Waals surface area (Å²) in [6.45, 7) is 5.46. The van der Waals surface area contributed by atoms with Gasteiger partial charge in [0.15, 0.2) is 22.5 Å². The smallest absolute Gasteiger partial charge is 0.231 e. The van der Waals surface area contributed by atoms with E-state index in [1.165, 1.54) is 4.88 Å². The van der Waals surface area contributed by atoms with E-state index in [1.807, 2.05) is 18.2 Å². The molecule has 0 saturated carbocycles.